The highest BCUT2D eigenvalue weighted by atomic mass is 32.2. The van der Waals surface area contributed by atoms with Crippen molar-refractivity contribution in [2.24, 2.45) is 5.73 Å². The van der Waals surface area contributed by atoms with Crippen LogP contribution < -0.4 is 10.5 Å². The summed E-state index contributed by atoms with van der Waals surface area (Å²) in [7, 11) is -3.59. The summed E-state index contributed by atoms with van der Waals surface area (Å²) < 4.78 is 26.7. The summed E-state index contributed by atoms with van der Waals surface area (Å²) in [6.45, 7) is 0.295. The number of nitrogens with one attached hydrogen (secondary N) is 1. The minimum absolute atomic E-state index is 0.0808. The number of sulfonamides is 1. The van der Waals surface area contributed by atoms with E-state index in [0.717, 1.165) is 5.56 Å². The zero-order valence-corrected chi connectivity index (χ0v) is 12.7. The molecule has 0 saturated carbocycles. The summed E-state index contributed by atoms with van der Waals surface area (Å²) in [6.07, 6.45) is 5.16. The van der Waals surface area contributed by atoms with E-state index in [2.05, 4.69) is 14.7 Å². The fraction of sp³-hybridized carbons (Fsp3) is 0.154. The van der Waals surface area contributed by atoms with Gasteiger partial charge in [-0.05, 0) is 36.2 Å². The Bertz CT molecular complexity index is 716. The van der Waals surface area contributed by atoms with Crippen LogP contribution in [-0.2, 0) is 16.4 Å². The van der Waals surface area contributed by atoms with Crippen LogP contribution in [0.25, 0.3) is 0 Å². The van der Waals surface area contributed by atoms with E-state index in [1.54, 1.807) is 12.4 Å². The Labute approximate surface area is 128 Å². The molecule has 0 amide bonds. The summed E-state index contributed by atoms with van der Waals surface area (Å²) in [5.74, 6) is 0. The van der Waals surface area contributed by atoms with E-state index in [0.29, 0.717) is 18.7 Å². The molecule has 2 heterocycles. The highest BCUT2D eigenvalue weighted by molar-refractivity contribution is 7.89. The molecule has 0 atom stereocenters. The number of hydrogen-bond acceptors (Lipinski definition) is 5. The smallest absolute Gasteiger partial charge is 0.242 e. The molecule has 0 aliphatic carbocycles. The topological polar surface area (TPSA) is 98.0 Å². The number of nitrogens with two attached hydrogens (primary N) is 1. The number of aromatic nitrogens is 2. The van der Waals surface area contributed by atoms with E-state index in [1.807, 2.05) is 12.1 Å². The molecule has 2 aromatic heterocycles. The second kappa shape index (κ2) is 6.70. The second-order valence-electron chi connectivity index (χ2n) is 4.25. The molecule has 0 fully saturated rings. The van der Waals surface area contributed by atoms with Gasteiger partial charge >= 0.3 is 0 Å². The molecule has 0 bridgehead atoms. The molecule has 8 heteroatoms. The molecule has 0 saturated heterocycles. The Morgan fingerprint density at radius 2 is 1.95 bits per heavy atom. The molecule has 6 nitrogen and oxygen atoms in total. The minimum atomic E-state index is -3.59. The van der Waals surface area contributed by atoms with Crippen molar-refractivity contribution in [1.82, 2.24) is 14.7 Å². The van der Waals surface area contributed by atoms with Crippen molar-refractivity contribution in [3.05, 3.63) is 54.1 Å². The number of nitrogens with zero attached hydrogens (tertiary/aromatic N) is 2. The quantitative estimate of drug-likeness (QED) is 0.757. The van der Waals surface area contributed by atoms with Crippen molar-refractivity contribution in [2.45, 2.75) is 11.3 Å². The highest BCUT2D eigenvalue weighted by Crippen LogP contribution is 2.08. The largest absolute Gasteiger partial charge is 0.388 e. The van der Waals surface area contributed by atoms with Crippen LogP contribution in [0, 0.1) is 0 Å². The summed E-state index contributed by atoms with van der Waals surface area (Å²) in [4.78, 5) is 8.03. The minimum Gasteiger partial charge on any atom is -0.388 e. The van der Waals surface area contributed by atoms with Gasteiger partial charge in [0.25, 0.3) is 0 Å². The van der Waals surface area contributed by atoms with Crippen LogP contribution in [0.2, 0.25) is 0 Å². The van der Waals surface area contributed by atoms with E-state index in [9.17, 15) is 8.42 Å². The van der Waals surface area contributed by atoms with Gasteiger partial charge in [-0.1, -0.05) is 12.2 Å². The van der Waals surface area contributed by atoms with E-state index < -0.39 is 10.0 Å². The summed E-state index contributed by atoms with van der Waals surface area (Å²) in [5.41, 5.74) is 6.81. The van der Waals surface area contributed by atoms with Crippen LogP contribution in [0.4, 0.5) is 0 Å². The van der Waals surface area contributed by atoms with E-state index in [1.165, 1.54) is 18.3 Å². The maximum absolute atomic E-state index is 12.1. The average Bonchev–Trinajstić information content (AvgIpc) is 2.48. The molecule has 0 radical (unpaired) electrons. The molecule has 21 heavy (non-hydrogen) atoms. The molecule has 0 unspecified atom stereocenters. The molecule has 0 aliphatic heterocycles. The predicted octanol–water partition coefficient (Wildman–Crippen LogP) is 0.632. The molecular formula is C13H14N4O2S2. The number of hydrogen-bond donors (Lipinski definition) is 2. The van der Waals surface area contributed by atoms with Gasteiger partial charge in [0.1, 0.15) is 9.88 Å². The first-order chi connectivity index (χ1) is 9.99. The maximum atomic E-state index is 12.1. The molecular weight excluding hydrogens is 308 g/mol. The van der Waals surface area contributed by atoms with E-state index >= 15 is 0 Å². The lowest BCUT2D eigenvalue weighted by Crippen LogP contribution is -2.26. The first-order valence-electron chi connectivity index (χ1n) is 6.13. The fourth-order valence-corrected chi connectivity index (χ4v) is 2.74. The predicted molar refractivity (Wildman–Crippen MR) is 83.3 cm³/mol. The summed E-state index contributed by atoms with van der Waals surface area (Å²) in [6, 6.07) is 6.59. The lowest BCUT2D eigenvalue weighted by Gasteiger charge is -2.07. The van der Waals surface area contributed by atoms with Crippen LogP contribution in [0.5, 0.6) is 0 Å². The SMILES string of the molecule is NC(=S)c1ccc(S(=O)(=O)NCCc2ccncc2)cn1. The number of thiocarbonyl (C=S) groups is 1. The molecule has 2 aromatic rings. The lowest BCUT2D eigenvalue weighted by atomic mass is 10.2. The molecule has 2 rings (SSSR count). The molecule has 0 aromatic carbocycles. The zero-order chi connectivity index (χ0) is 15.3. The van der Waals surface area contributed by atoms with Gasteiger partial charge in [-0.25, -0.2) is 13.1 Å². The first kappa shape index (κ1) is 15.5. The Morgan fingerprint density at radius 3 is 2.52 bits per heavy atom. The molecule has 110 valence electrons. The standard InChI is InChI=1S/C13H14N4O2S2/c14-13(20)12-2-1-11(9-16-12)21(18,19)17-8-5-10-3-6-15-7-4-10/h1-4,6-7,9,17H,5,8H2,(H2,14,20). The maximum Gasteiger partial charge on any atom is 0.242 e. The highest BCUT2D eigenvalue weighted by Gasteiger charge is 2.14. The zero-order valence-electron chi connectivity index (χ0n) is 11.1. The third kappa shape index (κ3) is 4.28. The normalized spacial score (nSPS) is 11.2. The van der Waals surface area contributed by atoms with Crippen LogP contribution in [0.3, 0.4) is 0 Å². The van der Waals surface area contributed by atoms with Gasteiger partial charge in [-0.2, -0.15) is 0 Å². The fourth-order valence-electron chi connectivity index (χ4n) is 1.65. The van der Waals surface area contributed by atoms with Crippen molar-refractivity contribution >= 4 is 27.2 Å². The monoisotopic (exact) mass is 322 g/mol. The Kier molecular flexibility index (Phi) is 4.94. The van der Waals surface area contributed by atoms with Crippen molar-refractivity contribution < 1.29 is 8.42 Å². The summed E-state index contributed by atoms with van der Waals surface area (Å²) in [5, 5.41) is 0. The molecule has 3 N–H and O–H groups in total. The third-order valence-electron chi connectivity index (χ3n) is 2.75. The van der Waals surface area contributed by atoms with Crippen LogP contribution in [-0.4, -0.2) is 29.9 Å². The van der Waals surface area contributed by atoms with Gasteiger partial charge in [0, 0.05) is 25.1 Å². The van der Waals surface area contributed by atoms with Gasteiger partial charge in [0.05, 0.1) is 5.69 Å². The van der Waals surface area contributed by atoms with Crippen molar-refractivity contribution in [2.75, 3.05) is 6.54 Å². The van der Waals surface area contributed by atoms with Gasteiger partial charge in [0.15, 0.2) is 0 Å². The Hall–Kier alpha value is -1.90. The first-order valence-corrected chi connectivity index (χ1v) is 8.02. The Balaban J connectivity index is 2.00. The lowest BCUT2D eigenvalue weighted by molar-refractivity contribution is 0.581. The molecule has 0 aliphatic rings. The summed E-state index contributed by atoms with van der Waals surface area (Å²) >= 11 is 4.77. The Morgan fingerprint density at radius 1 is 1.24 bits per heavy atom. The number of pyridine rings is 2. The van der Waals surface area contributed by atoms with Gasteiger partial charge < -0.3 is 5.73 Å². The third-order valence-corrected chi connectivity index (χ3v) is 4.41. The van der Waals surface area contributed by atoms with Crippen molar-refractivity contribution in [3.63, 3.8) is 0 Å². The number of rotatable bonds is 6. The van der Waals surface area contributed by atoms with E-state index in [4.69, 9.17) is 18.0 Å². The average molecular weight is 322 g/mol. The van der Waals surface area contributed by atoms with Gasteiger partial charge in [-0.3, -0.25) is 9.97 Å². The van der Waals surface area contributed by atoms with Gasteiger partial charge in [-0.15, -0.1) is 0 Å². The van der Waals surface area contributed by atoms with Crippen LogP contribution in [0.1, 0.15) is 11.3 Å². The molecule has 0 spiro atoms. The van der Waals surface area contributed by atoms with Crippen LogP contribution >= 0.6 is 12.2 Å². The van der Waals surface area contributed by atoms with Gasteiger partial charge in [0.2, 0.25) is 10.0 Å². The van der Waals surface area contributed by atoms with E-state index in [-0.39, 0.29) is 9.88 Å². The van der Waals surface area contributed by atoms with Crippen LogP contribution in [0.15, 0.2) is 47.8 Å². The van der Waals surface area contributed by atoms with Crippen molar-refractivity contribution in [1.29, 1.82) is 0 Å². The van der Waals surface area contributed by atoms with Crippen molar-refractivity contribution in [3.8, 4) is 0 Å². The second-order valence-corrected chi connectivity index (χ2v) is 6.45.